The van der Waals surface area contributed by atoms with Gasteiger partial charge in [-0.15, -0.1) is 0 Å². The lowest BCUT2D eigenvalue weighted by atomic mass is 9.95. The van der Waals surface area contributed by atoms with Crippen LogP contribution in [0.4, 0.5) is 0 Å². The highest BCUT2D eigenvalue weighted by molar-refractivity contribution is 6.94. The Morgan fingerprint density at radius 3 is 1.34 bits per heavy atom. The van der Waals surface area contributed by atoms with Crippen molar-refractivity contribution in [2.75, 3.05) is 0 Å². The van der Waals surface area contributed by atoms with Gasteiger partial charge < -0.3 is 9.13 Å². The highest BCUT2D eigenvalue weighted by Gasteiger charge is 2.51. The average molecular weight is 737 g/mol. The molecule has 56 heavy (non-hydrogen) atoms. The van der Waals surface area contributed by atoms with Gasteiger partial charge in [0, 0.05) is 68.8 Å². The second-order valence-corrected chi connectivity index (χ2v) is 20.8. The van der Waals surface area contributed by atoms with E-state index in [0.29, 0.717) is 11.1 Å². The quantitative estimate of drug-likeness (QED) is 0.156. The maximum absolute atomic E-state index is 2.68. The van der Waals surface area contributed by atoms with E-state index in [1.807, 2.05) is 0 Å². The Kier molecular flexibility index (Phi) is 7.21. The topological polar surface area (TPSA) is 9.86 Å². The van der Waals surface area contributed by atoms with Gasteiger partial charge in [0.05, 0.1) is 0 Å². The fourth-order valence-electron chi connectivity index (χ4n) is 11.2. The van der Waals surface area contributed by atoms with Crippen molar-refractivity contribution < 1.29 is 0 Å². The molecule has 0 saturated carbocycles. The molecule has 0 N–H and O–H groups in total. The molecule has 2 nitrogen and oxygen atoms in total. The molecule has 0 saturated heterocycles. The zero-order chi connectivity index (χ0) is 37.9. The second-order valence-electron chi connectivity index (χ2n) is 16.5. The monoisotopic (exact) mass is 736 g/mol. The van der Waals surface area contributed by atoms with Crippen molar-refractivity contribution in [1.82, 2.24) is 9.13 Å². The number of benzene rings is 7. The van der Waals surface area contributed by atoms with Crippen molar-refractivity contribution in [2.45, 2.75) is 31.5 Å². The van der Waals surface area contributed by atoms with Gasteiger partial charge in [0.1, 0.15) is 8.07 Å². The van der Waals surface area contributed by atoms with E-state index >= 15 is 0 Å². The van der Waals surface area contributed by atoms with Crippen LogP contribution in [-0.2, 0) is 14.1 Å². The standard InChI is InChI=1S/C53H44N2Si/c1-33-29-44-38(35-25-27-50-46(31-35)40-17-9-11-23-48(40)54(50)3)19-13-21-42(44)52(33)56(5,37-15-7-6-8-16-37)53-34(2)30-45-39(20-14-22-43(45)53)36-26-28-51-47(32-36)41-18-10-12-24-49(41)55(51)4/h6-32,52-53H,1-5H3. The van der Waals surface area contributed by atoms with Crippen LogP contribution in [0.1, 0.15) is 47.2 Å². The highest BCUT2D eigenvalue weighted by atomic mass is 28.3. The molecule has 3 heteroatoms. The van der Waals surface area contributed by atoms with E-state index in [1.165, 1.54) is 104 Å². The van der Waals surface area contributed by atoms with Crippen molar-refractivity contribution >= 4 is 69.0 Å². The third-order valence-corrected chi connectivity index (χ3v) is 19.1. The van der Waals surface area contributed by atoms with Gasteiger partial charge in [-0.3, -0.25) is 0 Å². The Morgan fingerprint density at radius 1 is 0.429 bits per heavy atom. The molecular weight excluding hydrogens is 693 g/mol. The lowest BCUT2D eigenvalue weighted by Gasteiger charge is -2.42. The van der Waals surface area contributed by atoms with Crippen LogP contribution < -0.4 is 5.19 Å². The van der Waals surface area contributed by atoms with Gasteiger partial charge in [-0.25, -0.2) is 0 Å². The van der Waals surface area contributed by atoms with E-state index in [4.69, 9.17) is 0 Å². The van der Waals surface area contributed by atoms with Gasteiger partial charge in [-0.05, 0) is 94.8 Å². The number of para-hydroxylation sites is 2. The molecule has 0 radical (unpaired) electrons. The molecule has 2 unspecified atom stereocenters. The lowest BCUT2D eigenvalue weighted by Crippen LogP contribution is -2.55. The van der Waals surface area contributed by atoms with Gasteiger partial charge in [0.2, 0.25) is 0 Å². The summed E-state index contributed by atoms with van der Waals surface area (Å²) >= 11 is 0. The highest BCUT2D eigenvalue weighted by Crippen LogP contribution is 2.54. The maximum atomic E-state index is 2.68. The number of hydrogen-bond donors (Lipinski definition) is 0. The molecule has 270 valence electrons. The Labute approximate surface area is 329 Å². The van der Waals surface area contributed by atoms with E-state index in [9.17, 15) is 0 Å². The Bertz CT molecular complexity index is 2960. The molecule has 0 bridgehead atoms. The van der Waals surface area contributed by atoms with Crippen LogP contribution in [0.15, 0.2) is 163 Å². The first-order chi connectivity index (χ1) is 27.3. The summed E-state index contributed by atoms with van der Waals surface area (Å²) < 4.78 is 4.65. The van der Waals surface area contributed by atoms with Gasteiger partial charge in [0.25, 0.3) is 0 Å². The summed E-state index contributed by atoms with van der Waals surface area (Å²) in [6.07, 6.45) is 5.06. The summed E-state index contributed by atoms with van der Waals surface area (Å²) in [5.74, 6) is 0. The van der Waals surface area contributed by atoms with Gasteiger partial charge in [-0.1, -0.05) is 150 Å². The Balaban J connectivity index is 1.07. The number of fused-ring (bicyclic) bond motifs is 8. The first-order valence-corrected chi connectivity index (χ1v) is 22.6. The van der Waals surface area contributed by atoms with Gasteiger partial charge in [-0.2, -0.15) is 0 Å². The summed E-state index contributed by atoms with van der Waals surface area (Å²) in [5, 5.41) is 6.77. The molecule has 7 aromatic carbocycles. The van der Waals surface area contributed by atoms with E-state index in [0.717, 1.165) is 0 Å². The van der Waals surface area contributed by atoms with Crippen molar-refractivity contribution in [3.8, 4) is 22.3 Å². The number of hydrogen-bond acceptors (Lipinski definition) is 0. The largest absolute Gasteiger partial charge is 0.344 e. The molecule has 2 aliphatic carbocycles. The van der Waals surface area contributed by atoms with Crippen LogP contribution in [0.25, 0.3) is 78.0 Å². The van der Waals surface area contributed by atoms with Crippen LogP contribution in [0.2, 0.25) is 6.55 Å². The Morgan fingerprint density at radius 2 is 0.857 bits per heavy atom. The fraction of sp³-hybridized carbons (Fsp3) is 0.132. The molecule has 0 spiro atoms. The van der Waals surface area contributed by atoms with Gasteiger partial charge in [0.15, 0.2) is 0 Å². The summed E-state index contributed by atoms with van der Waals surface area (Å²) in [6, 6.07) is 57.4. The predicted molar refractivity (Wildman–Crippen MR) is 242 cm³/mol. The smallest absolute Gasteiger partial charge is 0.106 e. The summed E-state index contributed by atoms with van der Waals surface area (Å²) in [4.78, 5) is 0. The molecule has 2 aliphatic rings. The van der Waals surface area contributed by atoms with Crippen LogP contribution in [0.3, 0.4) is 0 Å². The van der Waals surface area contributed by atoms with Crippen LogP contribution in [-0.4, -0.2) is 17.2 Å². The number of allylic oxidation sites excluding steroid dienone is 2. The minimum atomic E-state index is -2.43. The normalized spacial score (nSPS) is 17.4. The van der Waals surface area contributed by atoms with E-state index < -0.39 is 8.07 Å². The summed E-state index contributed by atoms with van der Waals surface area (Å²) in [7, 11) is 1.93. The first-order valence-electron chi connectivity index (χ1n) is 20.0. The summed E-state index contributed by atoms with van der Waals surface area (Å²) in [5.41, 5.74) is 19.7. The third-order valence-electron chi connectivity index (χ3n) is 13.6. The first kappa shape index (κ1) is 33.2. The van der Waals surface area contributed by atoms with Crippen molar-refractivity contribution in [2.24, 2.45) is 14.1 Å². The zero-order valence-corrected chi connectivity index (χ0v) is 33.6. The number of aryl methyl sites for hydroxylation is 2. The number of aromatic nitrogens is 2. The maximum Gasteiger partial charge on any atom is 0.106 e. The van der Waals surface area contributed by atoms with Crippen molar-refractivity contribution in [3.05, 3.63) is 185 Å². The lowest BCUT2D eigenvalue weighted by molar-refractivity contribution is 0.980. The van der Waals surface area contributed by atoms with Crippen LogP contribution >= 0.6 is 0 Å². The average Bonchev–Trinajstić information content (AvgIpc) is 3.94. The predicted octanol–water partition coefficient (Wildman–Crippen LogP) is 13.1. The number of rotatable bonds is 5. The van der Waals surface area contributed by atoms with Crippen LogP contribution in [0, 0.1) is 0 Å². The van der Waals surface area contributed by atoms with E-state index in [2.05, 4.69) is 207 Å². The second kappa shape index (κ2) is 12.2. The van der Waals surface area contributed by atoms with E-state index in [1.54, 1.807) is 0 Å². The number of nitrogens with zero attached hydrogens (tertiary/aromatic N) is 2. The minimum Gasteiger partial charge on any atom is -0.344 e. The fourth-order valence-corrected chi connectivity index (χ4v) is 16.9. The molecule has 0 fully saturated rings. The molecule has 0 amide bonds. The molecule has 2 atom stereocenters. The molecule has 2 heterocycles. The van der Waals surface area contributed by atoms with Gasteiger partial charge >= 0.3 is 0 Å². The van der Waals surface area contributed by atoms with E-state index in [-0.39, 0.29) is 0 Å². The minimum absolute atomic E-state index is 0.330. The molecule has 11 rings (SSSR count). The SMILES string of the molecule is CC1=Cc2c(-c3ccc4c(c3)c3ccccc3n4C)cccc2C1[Si](C)(c1ccccc1)C1C(C)=Cc2c(-c3ccc4c(c3)c3ccccc3n4C)cccc21. The third kappa shape index (κ3) is 4.55. The molecule has 9 aromatic rings. The van der Waals surface area contributed by atoms with Crippen molar-refractivity contribution in [1.29, 1.82) is 0 Å². The molecule has 2 aromatic heterocycles. The molecule has 0 aliphatic heterocycles. The van der Waals surface area contributed by atoms with Crippen molar-refractivity contribution in [3.63, 3.8) is 0 Å². The zero-order valence-electron chi connectivity index (χ0n) is 32.6. The summed E-state index contributed by atoms with van der Waals surface area (Å²) in [6.45, 7) is 7.49. The molecular formula is C53H44N2Si. The van der Waals surface area contributed by atoms with Crippen LogP contribution in [0.5, 0.6) is 0 Å². The Hall–Kier alpha value is -6.16.